The molecule has 1 rings (SSSR count). The molecule has 136 valence electrons. The zero-order valence-corrected chi connectivity index (χ0v) is 11.9. The first-order chi connectivity index (χ1) is 10.6. The summed E-state index contributed by atoms with van der Waals surface area (Å²) < 4.78 is 112. The minimum Gasteiger partial charge on any atom is -0.341 e. The molecule has 0 atom stereocenters. The molecule has 0 fully saturated rings. The first-order valence-corrected chi connectivity index (χ1v) is 6.23. The molecule has 1 aromatic carbocycles. The summed E-state index contributed by atoms with van der Waals surface area (Å²) in [5.41, 5.74) is -4.43. The van der Waals surface area contributed by atoms with Crippen LogP contribution in [0.15, 0.2) is 18.2 Å². The highest BCUT2D eigenvalue weighted by Crippen LogP contribution is 2.36. The van der Waals surface area contributed by atoms with E-state index in [1.54, 1.807) is 0 Å². The van der Waals surface area contributed by atoms with Crippen LogP contribution in [0.2, 0.25) is 0 Å². The van der Waals surface area contributed by atoms with E-state index < -0.39 is 54.1 Å². The Kier molecular flexibility index (Phi) is 5.46. The zero-order valence-electron chi connectivity index (χ0n) is 11.9. The van der Waals surface area contributed by atoms with Crippen LogP contribution in [0.3, 0.4) is 0 Å². The van der Waals surface area contributed by atoms with Gasteiger partial charge >= 0.3 is 18.5 Å². The second kappa shape index (κ2) is 6.52. The molecule has 0 saturated carbocycles. The van der Waals surface area contributed by atoms with Crippen LogP contribution >= 0.6 is 0 Å². The summed E-state index contributed by atoms with van der Waals surface area (Å²) >= 11 is 0. The number of rotatable bonds is 3. The molecule has 0 aliphatic rings. The fourth-order valence-corrected chi connectivity index (χ4v) is 1.69. The number of halogens is 9. The van der Waals surface area contributed by atoms with Gasteiger partial charge in [0.15, 0.2) is 0 Å². The van der Waals surface area contributed by atoms with E-state index in [1.165, 1.54) is 0 Å². The average molecular weight is 367 g/mol. The van der Waals surface area contributed by atoms with Crippen LogP contribution in [0.5, 0.6) is 0 Å². The van der Waals surface area contributed by atoms with Crippen molar-refractivity contribution in [1.29, 1.82) is 0 Å². The fourth-order valence-electron chi connectivity index (χ4n) is 1.69. The number of alkyl halides is 9. The largest absolute Gasteiger partial charge is 0.416 e. The molecule has 0 aliphatic heterocycles. The summed E-state index contributed by atoms with van der Waals surface area (Å²) in [6.45, 7) is -0.903. The lowest BCUT2D eigenvalue weighted by Crippen LogP contribution is -2.31. The van der Waals surface area contributed by atoms with Crippen molar-refractivity contribution < 1.29 is 44.3 Å². The monoisotopic (exact) mass is 367 g/mol. The normalized spacial score (nSPS) is 13.1. The molecule has 0 bridgehead atoms. The molecule has 1 amide bonds. The molecular formula is C13H10F9NO. The lowest BCUT2D eigenvalue weighted by Gasteiger charge is -2.20. The number of benzene rings is 1. The van der Waals surface area contributed by atoms with E-state index >= 15 is 0 Å². The van der Waals surface area contributed by atoms with Crippen LogP contribution in [-0.4, -0.2) is 30.6 Å². The highest BCUT2D eigenvalue weighted by molar-refractivity contribution is 5.94. The Hall–Kier alpha value is -1.94. The van der Waals surface area contributed by atoms with Crippen molar-refractivity contribution in [2.24, 2.45) is 0 Å². The van der Waals surface area contributed by atoms with Gasteiger partial charge in [-0.05, 0) is 18.2 Å². The smallest absolute Gasteiger partial charge is 0.341 e. The predicted octanol–water partition coefficient (Wildman–Crippen LogP) is 4.75. The van der Waals surface area contributed by atoms with Gasteiger partial charge in [-0.25, -0.2) is 0 Å². The van der Waals surface area contributed by atoms with E-state index in [0.717, 1.165) is 7.05 Å². The summed E-state index contributed by atoms with van der Waals surface area (Å²) in [6, 6.07) is 0.163. The van der Waals surface area contributed by atoms with E-state index in [1.807, 2.05) is 0 Å². The Morgan fingerprint density at radius 1 is 0.875 bits per heavy atom. The Morgan fingerprint density at radius 3 is 1.62 bits per heavy atom. The molecule has 11 heteroatoms. The SMILES string of the molecule is CN(CCC(F)(F)F)C(=O)c1cc(C(F)(F)F)cc(C(F)(F)F)c1. The van der Waals surface area contributed by atoms with Gasteiger partial charge in [-0.1, -0.05) is 0 Å². The topological polar surface area (TPSA) is 20.3 Å². The number of carbonyl (C=O) groups excluding carboxylic acids is 1. The quantitative estimate of drug-likeness (QED) is 0.707. The molecule has 0 radical (unpaired) electrons. The van der Waals surface area contributed by atoms with E-state index in [9.17, 15) is 44.3 Å². The minimum atomic E-state index is -5.15. The summed E-state index contributed by atoms with van der Waals surface area (Å²) in [6.07, 6.45) is -16.4. The van der Waals surface area contributed by atoms with Crippen LogP contribution in [0.4, 0.5) is 39.5 Å². The highest BCUT2D eigenvalue weighted by Gasteiger charge is 2.38. The van der Waals surface area contributed by atoms with E-state index in [2.05, 4.69) is 0 Å². The lowest BCUT2D eigenvalue weighted by atomic mass is 10.0. The van der Waals surface area contributed by atoms with E-state index in [0.29, 0.717) is 4.90 Å². The molecule has 24 heavy (non-hydrogen) atoms. The Labute approximate surface area is 129 Å². The van der Waals surface area contributed by atoms with Gasteiger partial charge in [-0.2, -0.15) is 39.5 Å². The van der Waals surface area contributed by atoms with E-state index in [-0.39, 0.29) is 18.2 Å². The van der Waals surface area contributed by atoms with Crippen molar-refractivity contribution in [3.8, 4) is 0 Å². The fraction of sp³-hybridized carbons (Fsp3) is 0.462. The zero-order chi connectivity index (χ0) is 18.9. The number of carbonyl (C=O) groups is 1. The summed E-state index contributed by atoms with van der Waals surface area (Å²) in [4.78, 5) is 12.2. The molecule has 0 unspecified atom stereocenters. The summed E-state index contributed by atoms with van der Waals surface area (Å²) in [5.74, 6) is -1.38. The number of hydrogen-bond donors (Lipinski definition) is 0. The van der Waals surface area contributed by atoms with Gasteiger partial charge in [-0.3, -0.25) is 4.79 Å². The molecular weight excluding hydrogens is 357 g/mol. The van der Waals surface area contributed by atoms with Crippen molar-refractivity contribution >= 4 is 5.91 Å². The third-order valence-corrected chi connectivity index (χ3v) is 2.91. The Morgan fingerprint density at radius 2 is 1.29 bits per heavy atom. The van der Waals surface area contributed by atoms with Crippen molar-refractivity contribution in [3.63, 3.8) is 0 Å². The van der Waals surface area contributed by atoms with Crippen LogP contribution in [0.25, 0.3) is 0 Å². The van der Waals surface area contributed by atoms with Gasteiger partial charge in [0.1, 0.15) is 0 Å². The first kappa shape index (κ1) is 20.1. The molecule has 0 spiro atoms. The molecule has 0 N–H and O–H groups in total. The second-order valence-corrected chi connectivity index (χ2v) is 4.89. The predicted molar refractivity (Wildman–Crippen MR) is 64.1 cm³/mol. The molecule has 0 aliphatic carbocycles. The second-order valence-electron chi connectivity index (χ2n) is 4.89. The molecule has 2 nitrogen and oxygen atoms in total. The van der Waals surface area contributed by atoms with Crippen molar-refractivity contribution in [2.75, 3.05) is 13.6 Å². The minimum absolute atomic E-state index is 0.168. The number of nitrogens with zero attached hydrogens (tertiary/aromatic N) is 1. The summed E-state index contributed by atoms with van der Waals surface area (Å²) in [7, 11) is 0.849. The third kappa shape index (κ3) is 5.60. The van der Waals surface area contributed by atoms with Crippen molar-refractivity contribution in [2.45, 2.75) is 24.9 Å². The molecule has 1 aromatic rings. The molecule has 0 heterocycles. The molecule has 0 saturated heterocycles. The average Bonchev–Trinajstić information content (AvgIpc) is 2.40. The number of amides is 1. The van der Waals surface area contributed by atoms with Gasteiger partial charge < -0.3 is 4.90 Å². The van der Waals surface area contributed by atoms with Gasteiger partial charge in [-0.15, -0.1) is 0 Å². The molecule has 0 aromatic heterocycles. The lowest BCUT2D eigenvalue weighted by molar-refractivity contribution is -0.143. The van der Waals surface area contributed by atoms with Gasteiger partial charge in [0.2, 0.25) is 0 Å². The Bertz CT molecular complexity index is 569. The third-order valence-electron chi connectivity index (χ3n) is 2.91. The standard InChI is InChI=1S/C13H10F9NO/c1-23(3-2-11(14,15)16)10(24)7-4-8(12(17,18)19)6-9(5-7)13(20,21)22/h4-6H,2-3H2,1H3. The van der Waals surface area contributed by atoms with E-state index in [4.69, 9.17) is 0 Å². The number of hydrogen-bond acceptors (Lipinski definition) is 1. The van der Waals surface area contributed by atoms with Crippen LogP contribution < -0.4 is 0 Å². The van der Waals surface area contributed by atoms with Crippen LogP contribution in [0, 0.1) is 0 Å². The van der Waals surface area contributed by atoms with Crippen LogP contribution in [0.1, 0.15) is 27.9 Å². The maximum absolute atomic E-state index is 12.7. The van der Waals surface area contributed by atoms with Crippen molar-refractivity contribution in [1.82, 2.24) is 4.90 Å². The highest BCUT2D eigenvalue weighted by atomic mass is 19.4. The van der Waals surface area contributed by atoms with Gasteiger partial charge in [0.05, 0.1) is 17.5 Å². The van der Waals surface area contributed by atoms with Gasteiger partial charge in [0, 0.05) is 19.2 Å². The summed E-state index contributed by atoms with van der Waals surface area (Å²) in [5, 5.41) is 0. The maximum Gasteiger partial charge on any atom is 0.416 e. The first-order valence-electron chi connectivity index (χ1n) is 6.23. The van der Waals surface area contributed by atoms with Gasteiger partial charge in [0.25, 0.3) is 5.91 Å². The van der Waals surface area contributed by atoms with Crippen LogP contribution in [-0.2, 0) is 12.4 Å². The maximum atomic E-state index is 12.7. The Balaban J connectivity index is 3.20. The van der Waals surface area contributed by atoms with Crippen molar-refractivity contribution in [3.05, 3.63) is 34.9 Å².